The Balaban J connectivity index is 2.08. The number of fused-ring (bicyclic) bond motifs is 1. The molecule has 2 aromatic rings. The first-order chi connectivity index (χ1) is 9.20. The van der Waals surface area contributed by atoms with Crippen molar-refractivity contribution in [3.63, 3.8) is 0 Å². The van der Waals surface area contributed by atoms with Crippen molar-refractivity contribution in [2.75, 3.05) is 7.05 Å². The lowest BCUT2D eigenvalue weighted by atomic mass is 10.1. The summed E-state index contributed by atoms with van der Waals surface area (Å²) in [6.07, 6.45) is 0.571. The molecule has 0 heterocycles. The maximum atomic E-state index is 11.7. The number of nitrogens with zero attached hydrogens (tertiary/aromatic N) is 2. The summed E-state index contributed by atoms with van der Waals surface area (Å²) in [5.41, 5.74) is 1.10. The minimum Gasteiger partial charge on any atom is -0.341 e. The van der Waals surface area contributed by atoms with Gasteiger partial charge in [0.25, 0.3) is 0 Å². The molecule has 2 aromatic carbocycles. The van der Waals surface area contributed by atoms with E-state index in [0.29, 0.717) is 13.0 Å². The standard InChI is InChI=1S/C16H16N2O/c1-18(16(19)7-4-10-17)12-13-8-9-14-5-2-3-6-15(14)11-13/h2-3,5-6,8-9,11H,4,7,12H2,1H3. The number of carbonyl (C=O) groups excluding carboxylic acids is 1. The number of amides is 1. The first kappa shape index (κ1) is 13.1. The molecule has 0 radical (unpaired) electrons. The van der Waals surface area contributed by atoms with Crippen LogP contribution >= 0.6 is 0 Å². The molecular formula is C16H16N2O. The van der Waals surface area contributed by atoms with Gasteiger partial charge in [0, 0.05) is 26.4 Å². The Hall–Kier alpha value is -2.34. The maximum absolute atomic E-state index is 11.7. The van der Waals surface area contributed by atoms with Gasteiger partial charge in [-0.2, -0.15) is 5.26 Å². The van der Waals surface area contributed by atoms with Gasteiger partial charge in [-0.05, 0) is 22.4 Å². The first-order valence-electron chi connectivity index (χ1n) is 6.29. The van der Waals surface area contributed by atoms with Crippen molar-refractivity contribution in [3.8, 4) is 6.07 Å². The highest BCUT2D eigenvalue weighted by atomic mass is 16.2. The second-order valence-corrected chi connectivity index (χ2v) is 4.59. The van der Waals surface area contributed by atoms with E-state index >= 15 is 0 Å². The Kier molecular flexibility index (Phi) is 4.15. The minimum atomic E-state index is 0.00899. The van der Waals surface area contributed by atoms with Crippen LogP contribution in [0.25, 0.3) is 10.8 Å². The Morgan fingerprint density at radius 1 is 1.21 bits per heavy atom. The molecule has 0 aliphatic rings. The normalized spacial score (nSPS) is 10.1. The average molecular weight is 252 g/mol. The number of nitriles is 1. The van der Waals surface area contributed by atoms with Crippen LogP contribution in [0.1, 0.15) is 18.4 Å². The largest absolute Gasteiger partial charge is 0.341 e. The lowest BCUT2D eigenvalue weighted by molar-refractivity contribution is -0.130. The van der Waals surface area contributed by atoms with Crippen molar-refractivity contribution in [2.45, 2.75) is 19.4 Å². The van der Waals surface area contributed by atoms with Crippen LogP contribution in [0.5, 0.6) is 0 Å². The lowest BCUT2D eigenvalue weighted by Gasteiger charge is -2.17. The number of benzene rings is 2. The van der Waals surface area contributed by atoms with E-state index in [-0.39, 0.29) is 12.3 Å². The maximum Gasteiger partial charge on any atom is 0.223 e. The van der Waals surface area contributed by atoms with E-state index in [0.717, 1.165) is 5.56 Å². The molecule has 0 aliphatic heterocycles. The second kappa shape index (κ2) is 6.01. The van der Waals surface area contributed by atoms with E-state index in [1.54, 1.807) is 11.9 Å². The molecule has 0 aromatic heterocycles. The van der Waals surface area contributed by atoms with Crippen LogP contribution < -0.4 is 0 Å². The van der Waals surface area contributed by atoms with E-state index in [1.165, 1.54) is 10.8 Å². The molecule has 3 nitrogen and oxygen atoms in total. The first-order valence-corrected chi connectivity index (χ1v) is 6.29. The smallest absolute Gasteiger partial charge is 0.223 e. The molecule has 0 bridgehead atoms. The number of carbonyl (C=O) groups is 1. The summed E-state index contributed by atoms with van der Waals surface area (Å²) >= 11 is 0. The average Bonchev–Trinajstić information content (AvgIpc) is 2.44. The Morgan fingerprint density at radius 2 is 1.95 bits per heavy atom. The fraction of sp³-hybridized carbons (Fsp3) is 0.250. The fourth-order valence-corrected chi connectivity index (χ4v) is 2.05. The molecule has 19 heavy (non-hydrogen) atoms. The summed E-state index contributed by atoms with van der Waals surface area (Å²) in [4.78, 5) is 13.4. The molecule has 0 fully saturated rings. The van der Waals surface area contributed by atoms with Gasteiger partial charge in [-0.1, -0.05) is 36.4 Å². The van der Waals surface area contributed by atoms with Crippen molar-refractivity contribution in [3.05, 3.63) is 48.0 Å². The monoisotopic (exact) mass is 252 g/mol. The van der Waals surface area contributed by atoms with E-state index in [4.69, 9.17) is 5.26 Å². The van der Waals surface area contributed by atoms with Crippen LogP contribution in [0.2, 0.25) is 0 Å². The Bertz CT molecular complexity index is 628. The van der Waals surface area contributed by atoms with Crippen LogP contribution in [0, 0.1) is 11.3 Å². The van der Waals surface area contributed by atoms with Gasteiger partial charge in [0.2, 0.25) is 5.91 Å². The minimum absolute atomic E-state index is 0.00899. The summed E-state index contributed by atoms with van der Waals surface area (Å²) < 4.78 is 0. The summed E-state index contributed by atoms with van der Waals surface area (Å²) in [6, 6.07) is 16.4. The zero-order valence-corrected chi connectivity index (χ0v) is 11.0. The van der Waals surface area contributed by atoms with Gasteiger partial charge in [-0.3, -0.25) is 4.79 Å². The number of hydrogen-bond acceptors (Lipinski definition) is 2. The highest BCUT2D eigenvalue weighted by Gasteiger charge is 2.08. The molecule has 2 rings (SSSR count). The topological polar surface area (TPSA) is 44.1 Å². The van der Waals surface area contributed by atoms with Gasteiger partial charge in [-0.15, -0.1) is 0 Å². The molecule has 0 saturated heterocycles. The zero-order chi connectivity index (χ0) is 13.7. The van der Waals surface area contributed by atoms with Gasteiger partial charge >= 0.3 is 0 Å². The summed E-state index contributed by atoms with van der Waals surface area (Å²) in [7, 11) is 1.77. The van der Waals surface area contributed by atoms with Crippen molar-refractivity contribution >= 4 is 16.7 Å². The molecule has 0 aliphatic carbocycles. The summed E-state index contributed by atoms with van der Waals surface area (Å²) in [5.74, 6) is 0.00899. The van der Waals surface area contributed by atoms with E-state index in [2.05, 4.69) is 24.3 Å². The van der Waals surface area contributed by atoms with Gasteiger partial charge < -0.3 is 4.90 Å². The molecule has 0 saturated carbocycles. The van der Waals surface area contributed by atoms with Crippen molar-refractivity contribution in [1.82, 2.24) is 4.90 Å². The molecule has 0 spiro atoms. The third-order valence-electron chi connectivity index (χ3n) is 3.11. The highest BCUT2D eigenvalue weighted by molar-refractivity contribution is 5.83. The van der Waals surface area contributed by atoms with Crippen LogP contribution in [0.3, 0.4) is 0 Å². The molecule has 0 N–H and O–H groups in total. The Morgan fingerprint density at radius 3 is 2.68 bits per heavy atom. The van der Waals surface area contributed by atoms with Crippen LogP contribution in [-0.2, 0) is 11.3 Å². The third-order valence-corrected chi connectivity index (χ3v) is 3.11. The van der Waals surface area contributed by atoms with E-state index in [9.17, 15) is 4.79 Å². The SMILES string of the molecule is CN(Cc1ccc2ccccc2c1)C(=O)CCC#N. The van der Waals surface area contributed by atoms with Gasteiger partial charge in [-0.25, -0.2) is 0 Å². The van der Waals surface area contributed by atoms with Gasteiger partial charge in [0.15, 0.2) is 0 Å². The number of hydrogen-bond donors (Lipinski definition) is 0. The van der Waals surface area contributed by atoms with Crippen LogP contribution in [0.4, 0.5) is 0 Å². The lowest BCUT2D eigenvalue weighted by Crippen LogP contribution is -2.25. The summed E-state index contributed by atoms with van der Waals surface area (Å²) in [5, 5.41) is 10.9. The molecule has 0 unspecified atom stereocenters. The second-order valence-electron chi connectivity index (χ2n) is 4.59. The molecule has 0 atom stereocenters. The van der Waals surface area contributed by atoms with E-state index < -0.39 is 0 Å². The van der Waals surface area contributed by atoms with Gasteiger partial charge in [0.1, 0.15) is 0 Å². The predicted octanol–water partition coefficient (Wildman–Crippen LogP) is 3.10. The van der Waals surface area contributed by atoms with Crippen molar-refractivity contribution < 1.29 is 4.79 Å². The molecule has 1 amide bonds. The molecular weight excluding hydrogens is 236 g/mol. The number of rotatable bonds is 4. The zero-order valence-electron chi connectivity index (χ0n) is 11.0. The van der Waals surface area contributed by atoms with Crippen LogP contribution in [-0.4, -0.2) is 17.9 Å². The Labute approximate surface area is 113 Å². The predicted molar refractivity (Wildman–Crippen MR) is 75.3 cm³/mol. The molecule has 96 valence electrons. The van der Waals surface area contributed by atoms with Crippen molar-refractivity contribution in [2.24, 2.45) is 0 Å². The summed E-state index contributed by atoms with van der Waals surface area (Å²) in [6.45, 7) is 0.578. The van der Waals surface area contributed by atoms with E-state index in [1.807, 2.05) is 24.3 Å². The fourth-order valence-electron chi connectivity index (χ4n) is 2.05. The van der Waals surface area contributed by atoms with Crippen LogP contribution in [0.15, 0.2) is 42.5 Å². The quantitative estimate of drug-likeness (QED) is 0.839. The molecule has 3 heteroatoms. The van der Waals surface area contributed by atoms with Crippen molar-refractivity contribution in [1.29, 1.82) is 5.26 Å². The third kappa shape index (κ3) is 3.32. The van der Waals surface area contributed by atoms with Gasteiger partial charge in [0.05, 0.1) is 6.07 Å². The highest BCUT2D eigenvalue weighted by Crippen LogP contribution is 2.16.